The van der Waals surface area contributed by atoms with E-state index in [1.165, 1.54) is 5.56 Å². The summed E-state index contributed by atoms with van der Waals surface area (Å²) in [4.78, 5) is 12.2. The van der Waals surface area contributed by atoms with Gasteiger partial charge in [-0.05, 0) is 24.1 Å². The van der Waals surface area contributed by atoms with Crippen LogP contribution in [0.3, 0.4) is 0 Å². The van der Waals surface area contributed by atoms with Gasteiger partial charge in [0.2, 0.25) is 0 Å². The Morgan fingerprint density at radius 1 is 1.21 bits per heavy atom. The largest absolute Gasteiger partial charge is 0.495 e. The standard InChI is InChI=1S/C19H23ClN2O2/c1-13-10-16(17(24-4)11-15(13)20)22-18(23)21-12-19(2,3)14-8-6-5-7-9-14/h5-11H,12H2,1-4H3,(H2,21,22,23). The van der Waals surface area contributed by atoms with Gasteiger partial charge in [0, 0.05) is 23.0 Å². The second-order valence-electron chi connectivity index (χ2n) is 6.36. The van der Waals surface area contributed by atoms with Gasteiger partial charge < -0.3 is 15.4 Å². The molecule has 0 heterocycles. The molecule has 128 valence electrons. The van der Waals surface area contributed by atoms with E-state index in [9.17, 15) is 4.79 Å². The van der Waals surface area contributed by atoms with Gasteiger partial charge in [0.1, 0.15) is 5.75 Å². The lowest BCUT2D eigenvalue weighted by molar-refractivity contribution is 0.249. The van der Waals surface area contributed by atoms with Gasteiger partial charge >= 0.3 is 6.03 Å². The Labute approximate surface area is 148 Å². The third-order valence-corrected chi connectivity index (χ3v) is 4.38. The minimum absolute atomic E-state index is 0.168. The third kappa shape index (κ3) is 4.42. The summed E-state index contributed by atoms with van der Waals surface area (Å²) >= 11 is 6.08. The highest BCUT2D eigenvalue weighted by molar-refractivity contribution is 6.31. The van der Waals surface area contributed by atoms with E-state index in [1.54, 1.807) is 19.2 Å². The van der Waals surface area contributed by atoms with Crippen LogP contribution in [0.1, 0.15) is 25.0 Å². The SMILES string of the molecule is COc1cc(Cl)c(C)cc1NC(=O)NCC(C)(C)c1ccccc1. The van der Waals surface area contributed by atoms with Crippen molar-refractivity contribution in [3.8, 4) is 5.75 Å². The number of nitrogens with one attached hydrogen (secondary N) is 2. The molecule has 2 amide bonds. The first-order chi connectivity index (χ1) is 11.3. The maximum Gasteiger partial charge on any atom is 0.319 e. The molecule has 0 bridgehead atoms. The molecular weight excluding hydrogens is 324 g/mol. The van der Waals surface area contributed by atoms with Gasteiger partial charge in [0.15, 0.2) is 0 Å². The first-order valence-electron chi connectivity index (χ1n) is 7.78. The second-order valence-corrected chi connectivity index (χ2v) is 6.77. The lowest BCUT2D eigenvalue weighted by Crippen LogP contribution is -2.39. The van der Waals surface area contributed by atoms with Crippen LogP contribution in [0.2, 0.25) is 5.02 Å². The molecule has 0 aliphatic carbocycles. The summed E-state index contributed by atoms with van der Waals surface area (Å²) in [6, 6.07) is 13.3. The summed E-state index contributed by atoms with van der Waals surface area (Å²) in [5.74, 6) is 0.531. The van der Waals surface area contributed by atoms with E-state index in [0.717, 1.165) is 5.56 Å². The average Bonchev–Trinajstić information content (AvgIpc) is 2.57. The van der Waals surface area contributed by atoms with Crippen molar-refractivity contribution in [2.75, 3.05) is 19.0 Å². The summed E-state index contributed by atoms with van der Waals surface area (Å²) in [5, 5.41) is 6.34. The summed E-state index contributed by atoms with van der Waals surface area (Å²) < 4.78 is 5.27. The zero-order valence-corrected chi connectivity index (χ0v) is 15.2. The van der Waals surface area contributed by atoms with E-state index >= 15 is 0 Å². The van der Waals surface area contributed by atoms with E-state index in [1.807, 2.05) is 25.1 Å². The number of rotatable bonds is 5. The van der Waals surface area contributed by atoms with Gasteiger partial charge in [-0.15, -0.1) is 0 Å². The predicted octanol–water partition coefficient (Wildman–Crippen LogP) is 4.76. The van der Waals surface area contributed by atoms with Crippen LogP contribution in [0.25, 0.3) is 0 Å². The lowest BCUT2D eigenvalue weighted by atomic mass is 9.85. The van der Waals surface area contributed by atoms with Crippen LogP contribution in [0, 0.1) is 6.92 Å². The van der Waals surface area contributed by atoms with Crippen molar-refractivity contribution in [3.05, 3.63) is 58.6 Å². The van der Waals surface area contributed by atoms with Gasteiger partial charge in [-0.25, -0.2) is 4.79 Å². The third-order valence-electron chi connectivity index (χ3n) is 3.98. The van der Waals surface area contributed by atoms with Crippen LogP contribution < -0.4 is 15.4 Å². The van der Waals surface area contributed by atoms with Crippen LogP contribution in [0.15, 0.2) is 42.5 Å². The second kappa shape index (κ2) is 7.58. The Morgan fingerprint density at radius 2 is 1.88 bits per heavy atom. The van der Waals surface area contributed by atoms with Crippen LogP contribution >= 0.6 is 11.6 Å². The van der Waals surface area contributed by atoms with E-state index in [2.05, 4.69) is 36.6 Å². The van der Waals surface area contributed by atoms with Crippen LogP contribution in [0.4, 0.5) is 10.5 Å². The quantitative estimate of drug-likeness (QED) is 0.820. The van der Waals surface area contributed by atoms with Crippen molar-refractivity contribution >= 4 is 23.3 Å². The number of urea groups is 1. The minimum atomic E-state index is -0.279. The zero-order valence-electron chi connectivity index (χ0n) is 14.4. The minimum Gasteiger partial charge on any atom is -0.495 e. The fraction of sp³-hybridized carbons (Fsp3) is 0.316. The number of anilines is 1. The molecule has 0 unspecified atom stereocenters. The Balaban J connectivity index is 2.03. The molecule has 24 heavy (non-hydrogen) atoms. The number of hydrogen-bond acceptors (Lipinski definition) is 2. The Kier molecular flexibility index (Phi) is 5.73. The summed E-state index contributed by atoms with van der Waals surface area (Å²) in [5.41, 5.74) is 2.47. The number of benzene rings is 2. The van der Waals surface area contributed by atoms with E-state index in [4.69, 9.17) is 16.3 Å². The number of carbonyl (C=O) groups excluding carboxylic acids is 1. The Hall–Kier alpha value is -2.20. The molecule has 0 saturated heterocycles. The highest BCUT2D eigenvalue weighted by atomic mass is 35.5. The molecule has 0 fully saturated rings. The van der Waals surface area contributed by atoms with Crippen molar-refractivity contribution in [1.29, 1.82) is 0 Å². The molecule has 0 aromatic heterocycles. The van der Waals surface area contributed by atoms with Crippen molar-refractivity contribution in [2.24, 2.45) is 0 Å². The molecule has 2 aromatic carbocycles. The molecule has 0 radical (unpaired) electrons. The maximum atomic E-state index is 12.2. The Morgan fingerprint density at radius 3 is 2.50 bits per heavy atom. The van der Waals surface area contributed by atoms with Gasteiger partial charge in [0.05, 0.1) is 12.8 Å². The first kappa shape index (κ1) is 18.1. The molecule has 0 saturated carbocycles. The molecular formula is C19H23ClN2O2. The maximum absolute atomic E-state index is 12.2. The van der Waals surface area contributed by atoms with Crippen molar-refractivity contribution in [2.45, 2.75) is 26.2 Å². The number of amides is 2. The summed E-state index contributed by atoms with van der Waals surface area (Å²) in [7, 11) is 1.54. The fourth-order valence-corrected chi connectivity index (χ4v) is 2.54. The van der Waals surface area contributed by atoms with Crippen molar-refractivity contribution in [1.82, 2.24) is 5.32 Å². The fourth-order valence-electron chi connectivity index (χ4n) is 2.39. The summed E-state index contributed by atoms with van der Waals surface area (Å²) in [6.45, 7) is 6.58. The highest BCUT2D eigenvalue weighted by Gasteiger charge is 2.21. The van der Waals surface area contributed by atoms with Crippen LogP contribution in [0.5, 0.6) is 5.75 Å². The molecule has 0 aliphatic heterocycles. The first-order valence-corrected chi connectivity index (χ1v) is 8.16. The topological polar surface area (TPSA) is 50.4 Å². The molecule has 0 aliphatic rings. The monoisotopic (exact) mass is 346 g/mol. The molecule has 4 nitrogen and oxygen atoms in total. The van der Waals surface area contributed by atoms with Gasteiger partial charge in [-0.2, -0.15) is 0 Å². The van der Waals surface area contributed by atoms with Crippen molar-refractivity contribution in [3.63, 3.8) is 0 Å². The molecule has 2 aromatic rings. The number of hydrogen-bond donors (Lipinski definition) is 2. The van der Waals surface area contributed by atoms with Crippen molar-refractivity contribution < 1.29 is 9.53 Å². The zero-order chi connectivity index (χ0) is 17.7. The van der Waals surface area contributed by atoms with Crippen LogP contribution in [-0.4, -0.2) is 19.7 Å². The average molecular weight is 347 g/mol. The van der Waals surface area contributed by atoms with Gasteiger partial charge in [-0.1, -0.05) is 55.8 Å². The van der Waals surface area contributed by atoms with Gasteiger partial charge in [-0.3, -0.25) is 0 Å². The molecule has 0 atom stereocenters. The van der Waals surface area contributed by atoms with Gasteiger partial charge in [0.25, 0.3) is 0 Å². The normalized spacial score (nSPS) is 11.0. The number of ether oxygens (including phenoxy) is 1. The smallest absolute Gasteiger partial charge is 0.319 e. The number of halogens is 1. The van der Waals surface area contributed by atoms with E-state index in [-0.39, 0.29) is 11.4 Å². The molecule has 0 spiro atoms. The number of methoxy groups -OCH3 is 1. The molecule has 5 heteroatoms. The summed E-state index contributed by atoms with van der Waals surface area (Å²) in [6.07, 6.45) is 0. The lowest BCUT2D eigenvalue weighted by Gasteiger charge is -2.25. The Bertz CT molecular complexity index is 715. The molecule has 2 N–H and O–H groups in total. The number of carbonyl (C=O) groups is 1. The highest BCUT2D eigenvalue weighted by Crippen LogP contribution is 2.31. The number of aryl methyl sites for hydroxylation is 1. The predicted molar refractivity (Wildman–Crippen MR) is 99.2 cm³/mol. The molecule has 2 rings (SSSR count). The van der Waals surface area contributed by atoms with Crippen LogP contribution in [-0.2, 0) is 5.41 Å². The van der Waals surface area contributed by atoms with E-state index < -0.39 is 0 Å². The van der Waals surface area contributed by atoms with E-state index in [0.29, 0.717) is 23.0 Å².